The molecule has 1 aromatic carbocycles. The van der Waals surface area contributed by atoms with E-state index in [0.717, 1.165) is 49.4 Å². The van der Waals surface area contributed by atoms with Gasteiger partial charge in [-0.15, -0.1) is 0 Å². The molecule has 0 spiro atoms. The first-order valence-electron chi connectivity index (χ1n) is 6.93. The fourth-order valence-corrected chi connectivity index (χ4v) is 1.81. The Kier molecular flexibility index (Phi) is 8.02. The van der Waals surface area contributed by atoms with E-state index >= 15 is 0 Å². The van der Waals surface area contributed by atoms with Gasteiger partial charge in [0, 0.05) is 18.7 Å². The van der Waals surface area contributed by atoms with E-state index in [1.807, 2.05) is 18.2 Å². The van der Waals surface area contributed by atoms with Gasteiger partial charge in [-0.05, 0) is 31.9 Å². The Balaban J connectivity index is 2.66. The Hall–Kier alpha value is -1.26. The summed E-state index contributed by atoms with van der Waals surface area (Å²) >= 11 is 0. The van der Waals surface area contributed by atoms with E-state index in [0.29, 0.717) is 6.61 Å². The van der Waals surface area contributed by atoms with Crippen LogP contribution in [-0.4, -0.2) is 32.0 Å². The molecule has 0 bridgehead atoms. The number of aliphatic hydroxyl groups excluding tert-OH is 1. The van der Waals surface area contributed by atoms with Crippen molar-refractivity contribution in [1.29, 1.82) is 0 Å². The molecule has 2 N–H and O–H groups in total. The minimum absolute atomic E-state index is 0.209. The van der Waals surface area contributed by atoms with E-state index < -0.39 is 0 Å². The molecule has 1 aromatic rings. The molecule has 4 heteroatoms. The fourth-order valence-electron chi connectivity index (χ4n) is 1.81. The lowest BCUT2D eigenvalue weighted by Gasteiger charge is -2.15. The standard InChI is InChI=1S/C15H25NO3/c1-3-9-16-12-13-7-6-8-14(18-2)15(13)19-11-5-4-10-17/h6-8,16-17H,3-5,9-12H2,1-2H3. The van der Waals surface area contributed by atoms with Crippen LogP contribution in [0.2, 0.25) is 0 Å². The third kappa shape index (κ3) is 5.49. The van der Waals surface area contributed by atoms with Gasteiger partial charge in [0.05, 0.1) is 13.7 Å². The zero-order chi connectivity index (χ0) is 13.9. The Morgan fingerprint density at radius 3 is 2.79 bits per heavy atom. The first kappa shape index (κ1) is 15.8. The summed E-state index contributed by atoms with van der Waals surface area (Å²) in [4.78, 5) is 0. The molecule has 0 aliphatic heterocycles. The first-order valence-corrected chi connectivity index (χ1v) is 6.93. The van der Waals surface area contributed by atoms with Crippen LogP contribution in [0.5, 0.6) is 11.5 Å². The lowest BCUT2D eigenvalue weighted by atomic mass is 10.2. The number of hydrogen-bond acceptors (Lipinski definition) is 4. The van der Waals surface area contributed by atoms with Gasteiger partial charge >= 0.3 is 0 Å². The Labute approximate surface area is 115 Å². The summed E-state index contributed by atoms with van der Waals surface area (Å²) in [5, 5.41) is 12.1. The largest absolute Gasteiger partial charge is 0.493 e. The highest BCUT2D eigenvalue weighted by Gasteiger charge is 2.10. The van der Waals surface area contributed by atoms with Crippen LogP contribution in [0.25, 0.3) is 0 Å². The number of benzene rings is 1. The summed E-state index contributed by atoms with van der Waals surface area (Å²) in [5.41, 5.74) is 1.11. The van der Waals surface area contributed by atoms with Crippen molar-refractivity contribution in [1.82, 2.24) is 5.32 Å². The second kappa shape index (κ2) is 9.64. The maximum absolute atomic E-state index is 8.77. The minimum Gasteiger partial charge on any atom is -0.493 e. The van der Waals surface area contributed by atoms with E-state index in [-0.39, 0.29) is 6.61 Å². The van der Waals surface area contributed by atoms with Crippen molar-refractivity contribution in [3.63, 3.8) is 0 Å². The predicted octanol–water partition coefficient (Wildman–Crippen LogP) is 2.35. The van der Waals surface area contributed by atoms with Gasteiger partial charge in [0.25, 0.3) is 0 Å². The normalized spacial score (nSPS) is 10.5. The van der Waals surface area contributed by atoms with E-state index in [1.165, 1.54) is 0 Å². The molecule has 0 aliphatic rings. The molecule has 0 fully saturated rings. The molecule has 0 aromatic heterocycles. The predicted molar refractivity (Wildman–Crippen MR) is 76.8 cm³/mol. The van der Waals surface area contributed by atoms with E-state index in [2.05, 4.69) is 12.2 Å². The summed E-state index contributed by atoms with van der Waals surface area (Å²) in [6.07, 6.45) is 2.71. The molecule has 0 atom stereocenters. The quantitative estimate of drug-likeness (QED) is 0.639. The van der Waals surface area contributed by atoms with Crippen molar-refractivity contribution in [2.24, 2.45) is 0 Å². The minimum atomic E-state index is 0.209. The molecular formula is C15H25NO3. The van der Waals surface area contributed by atoms with Gasteiger partial charge in [0.1, 0.15) is 0 Å². The zero-order valence-corrected chi connectivity index (χ0v) is 11.9. The number of methoxy groups -OCH3 is 1. The second-order valence-corrected chi connectivity index (χ2v) is 4.40. The van der Waals surface area contributed by atoms with Crippen molar-refractivity contribution in [2.45, 2.75) is 32.7 Å². The van der Waals surface area contributed by atoms with Crippen molar-refractivity contribution in [3.8, 4) is 11.5 Å². The second-order valence-electron chi connectivity index (χ2n) is 4.40. The lowest BCUT2D eigenvalue weighted by Crippen LogP contribution is -2.15. The van der Waals surface area contributed by atoms with Crippen molar-refractivity contribution < 1.29 is 14.6 Å². The molecular weight excluding hydrogens is 242 g/mol. The Morgan fingerprint density at radius 2 is 2.11 bits per heavy atom. The molecule has 0 heterocycles. The summed E-state index contributed by atoms with van der Waals surface area (Å²) in [6, 6.07) is 5.93. The number of nitrogens with one attached hydrogen (secondary N) is 1. The Bertz CT molecular complexity index is 355. The van der Waals surface area contributed by atoms with Gasteiger partial charge in [-0.2, -0.15) is 0 Å². The van der Waals surface area contributed by atoms with Gasteiger partial charge in [-0.25, -0.2) is 0 Å². The molecule has 0 saturated carbocycles. The molecule has 108 valence electrons. The number of para-hydroxylation sites is 1. The maximum Gasteiger partial charge on any atom is 0.165 e. The van der Waals surface area contributed by atoms with Crippen LogP contribution in [0.1, 0.15) is 31.7 Å². The molecule has 0 saturated heterocycles. The highest BCUT2D eigenvalue weighted by Crippen LogP contribution is 2.31. The van der Waals surface area contributed by atoms with Crippen molar-refractivity contribution in [3.05, 3.63) is 23.8 Å². The number of unbranched alkanes of at least 4 members (excludes halogenated alkanes) is 1. The van der Waals surface area contributed by atoms with Gasteiger partial charge in [0.2, 0.25) is 0 Å². The highest BCUT2D eigenvalue weighted by molar-refractivity contribution is 5.46. The molecule has 1 rings (SSSR count). The fraction of sp³-hybridized carbons (Fsp3) is 0.600. The number of hydrogen-bond donors (Lipinski definition) is 2. The van der Waals surface area contributed by atoms with Crippen LogP contribution in [0.3, 0.4) is 0 Å². The number of ether oxygens (including phenoxy) is 2. The smallest absolute Gasteiger partial charge is 0.165 e. The monoisotopic (exact) mass is 267 g/mol. The molecule has 0 amide bonds. The van der Waals surface area contributed by atoms with Gasteiger partial charge in [-0.3, -0.25) is 0 Å². The molecule has 19 heavy (non-hydrogen) atoms. The molecule has 0 aliphatic carbocycles. The lowest BCUT2D eigenvalue weighted by molar-refractivity contribution is 0.246. The maximum atomic E-state index is 8.77. The van der Waals surface area contributed by atoms with Gasteiger partial charge in [0.15, 0.2) is 11.5 Å². The number of aliphatic hydroxyl groups is 1. The average Bonchev–Trinajstić information content (AvgIpc) is 2.44. The van der Waals surface area contributed by atoms with E-state index in [1.54, 1.807) is 7.11 Å². The summed E-state index contributed by atoms with van der Waals surface area (Å²) in [7, 11) is 1.65. The van der Waals surface area contributed by atoms with Crippen LogP contribution in [0.15, 0.2) is 18.2 Å². The Morgan fingerprint density at radius 1 is 1.26 bits per heavy atom. The highest BCUT2D eigenvalue weighted by atomic mass is 16.5. The van der Waals surface area contributed by atoms with Crippen LogP contribution in [-0.2, 0) is 6.54 Å². The van der Waals surface area contributed by atoms with Crippen LogP contribution >= 0.6 is 0 Å². The van der Waals surface area contributed by atoms with E-state index in [4.69, 9.17) is 14.6 Å². The summed E-state index contributed by atoms with van der Waals surface area (Å²) in [5.74, 6) is 1.58. The topological polar surface area (TPSA) is 50.7 Å². The molecule has 4 nitrogen and oxygen atoms in total. The van der Waals surface area contributed by atoms with E-state index in [9.17, 15) is 0 Å². The third-order valence-electron chi connectivity index (χ3n) is 2.82. The van der Waals surface area contributed by atoms with Crippen molar-refractivity contribution >= 4 is 0 Å². The SMILES string of the molecule is CCCNCc1cccc(OC)c1OCCCCO. The average molecular weight is 267 g/mol. The third-order valence-corrected chi connectivity index (χ3v) is 2.82. The number of rotatable bonds is 10. The summed E-state index contributed by atoms with van der Waals surface area (Å²) < 4.78 is 11.2. The first-order chi connectivity index (χ1) is 9.33. The molecule has 0 radical (unpaired) electrons. The van der Waals surface area contributed by atoms with Crippen LogP contribution in [0, 0.1) is 0 Å². The van der Waals surface area contributed by atoms with Gasteiger partial charge in [-0.1, -0.05) is 19.1 Å². The van der Waals surface area contributed by atoms with Crippen LogP contribution < -0.4 is 14.8 Å². The van der Waals surface area contributed by atoms with Crippen LogP contribution in [0.4, 0.5) is 0 Å². The molecule has 0 unspecified atom stereocenters. The van der Waals surface area contributed by atoms with Gasteiger partial charge < -0.3 is 19.9 Å². The van der Waals surface area contributed by atoms with Crippen molar-refractivity contribution in [2.75, 3.05) is 26.9 Å². The summed E-state index contributed by atoms with van der Waals surface area (Å²) in [6.45, 7) is 4.72. The zero-order valence-electron chi connectivity index (χ0n) is 11.9.